The van der Waals surface area contributed by atoms with Gasteiger partial charge in [-0.15, -0.1) is 0 Å². The van der Waals surface area contributed by atoms with Gasteiger partial charge in [0.2, 0.25) is 0 Å². The van der Waals surface area contributed by atoms with Crippen molar-refractivity contribution in [1.29, 1.82) is 0 Å². The number of hydrogen-bond donors (Lipinski definition) is 5. The van der Waals surface area contributed by atoms with Gasteiger partial charge in [0.15, 0.2) is 0 Å². The number of anilines is 1. The first-order chi connectivity index (χ1) is 10.9. The van der Waals surface area contributed by atoms with Crippen LogP contribution in [0.5, 0.6) is 0 Å². The van der Waals surface area contributed by atoms with Crippen LogP contribution in [-0.2, 0) is 0 Å². The maximum atomic E-state index is 10.6. The lowest BCUT2D eigenvalue weighted by Gasteiger charge is -2.35. The SMILES string of the molecule is Nc1ncnc2c1ccn2[C@@H]1C2=CC[C@@H](O)C[C@]2(N)[C@@H](O)[C@H]1O. The molecule has 2 aliphatic carbocycles. The molecule has 1 fully saturated rings. The molecule has 2 aromatic heterocycles. The quantitative estimate of drug-likeness (QED) is 0.427. The van der Waals surface area contributed by atoms with Gasteiger partial charge in [-0.1, -0.05) is 6.08 Å². The maximum Gasteiger partial charge on any atom is 0.146 e. The molecule has 0 unspecified atom stereocenters. The molecule has 0 bridgehead atoms. The molecule has 1 saturated carbocycles. The molecule has 8 heteroatoms. The summed E-state index contributed by atoms with van der Waals surface area (Å²) in [6.45, 7) is 0. The Bertz CT molecular complexity index is 804. The monoisotopic (exact) mass is 317 g/mol. The topological polar surface area (TPSA) is 143 Å². The summed E-state index contributed by atoms with van der Waals surface area (Å²) in [7, 11) is 0. The van der Waals surface area contributed by atoms with Crippen molar-refractivity contribution in [3.05, 3.63) is 30.2 Å². The Morgan fingerprint density at radius 3 is 2.83 bits per heavy atom. The van der Waals surface area contributed by atoms with E-state index in [0.717, 1.165) is 5.57 Å². The smallest absolute Gasteiger partial charge is 0.146 e. The average Bonchev–Trinajstić information content (AvgIpc) is 3.01. The van der Waals surface area contributed by atoms with Gasteiger partial charge in [0.25, 0.3) is 0 Å². The van der Waals surface area contributed by atoms with Crippen LogP contribution in [0.4, 0.5) is 5.82 Å². The summed E-state index contributed by atoms with van der Waals surface area (Å²) in [6.07, 6.45) is 2.71. The lowest BCUT2D eigenvalue weighted by Crippen LogP contribution is -2.54. The summed E-state index contributed by atoms with van der Waals surface area (Å²) in [5, 5.41) is 31.6. The highest BCUT2D eigenvalue weighted by Crippen LogP contribution is 2.47. The number of nitrogens with zero attached hydrogens (tertiary/aromatic N) is 3. The van der Waals surface area contributed by atoms with Crippen molar-refractivity contribution in [3.63, 3.8) is 0 Å². The zero-order valence-corrected chi connectivity index (χ0v) is 12.4. The van der Waals surface area contributed by atoms with Crippen LogP contribution >= 0.6 is 0 Å². The van der Waals surface area contributed by atoms with Crippen LogP contribution in [0, 0.1) is 0 Å². The number of nitrogens with two attached hydrogens (primary N) is 2. The highest BCUT2D eigenvalue weighted by atomic mass is 16.3. The molecular formula is C15H19N5O3. The second-order valence-corrected chi connectivity index (χ2v) is 6.39. The van der Waals surface area contributed by atoms with E-state index < -0.39 is 29.9 Å². The standard InChI is InChI=1S/C15H19N5O3/c16-13-8-3-4-20(14(8)19-6-18-13)10-9-2-1-7(21)5-15(9,17)12(23)11(10)22/h2-4,6-7,10-12,21-23H,1,5,17H2,(H2,16,18,19)/t7-,10-,11+,12+,15-/m1/s1. The predicted octanol–water partition coefficient (Wildman–Crippen LogP) is -0.931. The van der Waals surface area contributed by atoms with Crippen LogP contribution in [0.1, 0.15) is 18.9 Å². The largest absolute Gasteiger partial charge is 0.393 e. The van der Waals surface area contributed by atoms with Gasteiger partial charge in [-0.05, 0) is 24.5 Å². The Morgan fingerprint density at radius 2 is 2.04 bits per heavy atom. The molecule has 2 heterocycles. The molecule has 7 N–H and O–H groups in total. The minimum atomic E-state index is -1.16. The van der Waals surface area contributed by atoms with Gasteiger partial charge < -0.3 is 31.4 Å². The van der Waals surface area contributed by atoms with Crippen molar-refractivity contribution in [3.8, 4) is 0 Å². The Hall–Kier alpha value is -2.00. The van der Waals surface area contributed by atoms with Gasteiger partial charge >= 0.3 is 0 Å². The summed E-state index contributed by atoms with van der Waals surface area (Å²) >= 11 is 0. The van der Waals surface area contributed by atoms with E-state index in [1.165, 1.54) is 6.33 Å². The van der Waals surface area contributed by atoms with E-state index in [0.29, 0.717) is 23.3 Å². The lowest BCUT2D eigenvalue weighted by atomic mass is 9.79. The summed E-state index contributed by atoms with van der Waals surface area (Å²) in [5.74, 6) is 0.355. The van der Waals surface area contributed by atoms with E-state index in [-0.39, 0.29) is 6.42 Å². The minimum absolute atomic E-state index is 0.212. The molecule has 5 atom stereocenters. The predicted molar refractivity (Wildman–Crippen MR) is 83.2 cm³/mol. The van der Waals surface area contributed by atoms with E-state index in [2.05, 4.69) is 9.97 Å². The lowest BCUT2D eigenvalue weighted by molar-refractivity contribution is -0.0124. The van der Waals surface area contributed by atoms with Crippen molar-refractivity contribution in [1.82, 2.24) is 14.5 Å². The third-order valence-electron chi connectivity index (χ3n) is 5.05. The van der Waals surface area contributed by atoms with Crippen molar-refractivity contribution < 1.29 is 15.3 Å². The van der Waals surface area contributed by atoms with Crippen LogP contribution in [0.15, 0.2) is 30.2 Å². The molecule has 4 rings (SSSR count). The van der Waals surface area contributed by atoms with E-state index in [9.17, 15) is 15.3 Å². The Labute approximate surface area is 132 Å². The zero-order chi connectivity index (χ0) is 16.4. The summed E-state index contributed by atoms with van der Waals surface area (Å²) in [6, 6.07) is 1.23. The zero-order valence-electron chi connectivity index (χ0n) is 12.4. The van der Waals surface area contributed by atoms with Crippen molar-refractivity contribution in [2.45, 2.75) is 42.7 Å². The van der Waals surface area contributed by atoms with Crippen LogP contribution in [0.25, 0.3) is 11.0 Å². The number of aliphatic hydroxyl groups is 3. The molecular weight excluding hydrogens is 298 g/mol. The Morgan fingerprint density at radius 1 is 1.26 bits per heavy atom. The molecule has 0 saturated heterocycles. The second-order valence-electron chi connectivity index (χ2n) is 6.39. The molecule has 8 nitrogen and oxygen atoms in total. The molecule has 0 aromatic carbocycles. The van der Waals surface area contributed by atoms with Crippen LogP contribution in [0.3, 0.4) is 0 Å². The van der Waals surface area contributed by atoms with E-state index >= 15 is 0 Å². The van der Waals surface area contributed by atoms with Gasteiger partial charge in [-0.3, -0.25) is 0 Å². The van der Waals surface area contributed by atoms with E-state index in [1.54, 1.807) is 16.8 Å². The normalized spacial score (nSPS) is 37.0. The van der Waals surface area contributed by atoms with Crippen LogP contribution in [0.2, 0.25) is 0 Å². The molecule has 0 spiro atoms. The average molecular weight is 317 g/mol. The van der Waals surface area contributed by atoms with Crippen molar-refractivity contribution in [2.75, 3.05) is 5.73 Å². The number of aliphatic hydroxyl groups excluding tert-OH is 3. The number of hydrogen-bond acceptors (Lipinski definition) is 7. The van der Waals surface area contributed by atoms with Gasteiger partial charge in [0.1, 0.15) is 30.0 Å². The third kappa shape index (κ3) is 1.86. The fourth-order valence-electron chi connectivity index (χ4n) is 3.92. The summed E-state index contributed by atoms with van der Waals surface area (Å²) in [5.41, 5.74) is 12.4. The highest BCUT2D eigenvalue weighted by molar-refractivity contribution is 5.86. The Balaban J connectivity index is 1.89. The summed E-state index contributed by atoms with van der Waals surface area (Å²) < 4.78 is 1.76. The summed E-state index contributed by atoms with van der Waals surface area (Å²) in [4.78, 5) is 8.20. The van der Waals surface area contributed by atoms with Gasteiger partial charge in [0, 0.05) is 6.20 Å². The molecule has 122 valence electrons. The van der Waals surface area contributed by atoms with Gasteiger partial charge in [-0.25, -0.2) is 9.97 Å². The van der Waals surface area contributed by atoms with Crippen LogP contribution in [-0.4, -0.2) is 53.7 Å². The highest BCUT2D eigenvalue weighted by Gasteiger charge is 2.56. The number of rotatable bonds is 1. The van der Waals surface area contributed by atoms with Crippen molar-refractivity contribution >= 4 is 16.9 Å². The minimum Gasteiger partial charge on any atom is -0.393 e. The molecule has 0 radical (unpaired) electrons. The second kappa shape index (κ2) is 4.75. The van der Waals surface area contributed by atoms with Gasteiger partial charge in [-0.2, -0.15) is 0 Å². The van der Waals surface area contributed by atoms with Crippen molar-refractivity contribution in [2.24, 2.45) is 5.73 Å². The first kappa shape index (κ1) is 14.6. The molecule has 0 amide bonds. The third-order valence-corrected chi connectivity index (χ3v) is 5.05. The molecule has 2 aliphatic rings. The fraction of sp³-hybridized carbons (Fsp3) is 0.467. The molecule has 23 heavy (non-hydrogen) atoms. The number of aromatic nitrogens is 3. The Kier molecular flexibility index (Phi) is 3.01. The van der Waals surface area contributed by atoms with E-state index in [1.807, 2.05) is 6.08 Å². The first-order valence-electron chi connectivity index (χ1n) is 7.54. The van der Waals surface area contributed by atoms with Gasteiger partial charge in [0.05, 0.1) is 23.1 Å². The fourth-order valence-corrected chi connectivity index (χ4v) is 3.92. The maximum absolute atomic E-state index is 10.6. The first-order valence-corrected chi connectivity index (χ1v) is 7.54. The number of fused-ring (bicyclic) bond motifs is 2. The van der Waals surface area contributed by atoms with Crippen LogP contribution < -0.4 is 11.5 Å². The molecule has 2 aromatic rings. The van der Waals surface area contributed by atoms with E-state index in [4.69, 9.17) is 11.5 Å². The molecule has 0 aliphatic heterocycles. The number of nitrogen functional groups attached to an aromatic ring is 1.